The maximum atomic E-state index is 12.4. The van der Waals surface area contributed by atoms with Crippen molar-refractivity contribution in [2.24, 2.45) is 11.8 Å². The Bertz CT molecular complexity index is 555. The minimum Gasteiger partial charge on any atom is -0.379 e. The normalized spacial score (nSPS) is 23.2. The highest BCUT2D eigenvalue weighted by atomic mass is 35.5. The zero-order valence-electron chi connectivity index (χ0n) is 12.5. The van der Waals surface area contributed by atoms with Crippen LogP contribution in [0.15, 0.2) is 11.0 Å². The van der Waals surface area contributed by atoms with Crippen LogP contribution in [-0.4, -0.2) is 41.4 Å². The van der Waals surface area contributed by atoms with Crippen LogP contribution in [0.5, 0.6) is 0 Å². The molecular formula is C15H23ClN4O. The number of hydrogen-bond acceptors (Lipinski definition) is 4. The first-order valence-corrected chi connectivity index (χ1v) is 8.19. The highest BCUT2D eigenvalue weighted by Crippen LogP contribution is 2.30. The number of rotatable bonds is 5. The first kappa shape index (κ1) is 14.9. The SMILES string of the molecule is CN1CCCC(CNc2c(Cl)cnn(CC3CC3)c2=O)C1. The van der Waals surface area contributed by atoms with Crippen LogP contribution in [0.25, 0.3) is 0 Å². The number of nitrogens with zero attached hydrogens (tertiary/aromatic N) is 3. The third-order valence-corrected chi connectivity index (χ3v) is 4.70. The molecule has 1 unspecified atom stereocenters. The molecular weight excluding hydrogens is 288 g/mol. The Morgan fingerprint density at radius 1 is 1.38 bits per heavy atom. The molecule has 0 spiro atoms. The van der Waals surface area contributed by atoms with E-state index in [4.69, 9.17) is 11.6 Å². The summed E-state index contributed by atoms with van der Waals surface area (Å²) in [4.78, 5) is 14.8. The summed E-state index contributed by atoms with van der Waals surface area (Å²) in [6, 6.07) is 0. The summed E-state index contributed by atoms with van der Waals surface area (Å²) in [5.41, 5.74) is 0.430. The van der Waals surface area contributed by atoms with Crippen LogP contribution < -0.4 is 10.9 Å². The van der Waals surface area contributed by atoms with Crippen LogP contribution in [-0.2, 0) is 6.54 Å². The van der Waals surface area contributed by atoms with Gasteiger partial charge in [0.25, 0.3) is 5.56 Å². The van der Waals surface area contributed by atoms with Crippen LogP contribution in [0.2, 0.25) is 5.02 Å². The molecule has 1 atom stereocenters. The Morgan fingerprint density at radius 2 is 2.19 bits per heavy atom. The molecule has 1 aromatic heterocycles. The fourth-order valence-electron chi connectivity index (χ4n) is 2.99. The van der Waals surface area contributed by atoms with E-state index in [1.165, 1.54) is 32.2 Å². The van der Waals surface area contributed by atoms with Crippen molar-refractivity contribution in [1.82, 2.24) is 14.7 Å². The third kappa shape index (κ3) is 3.77. The quantitative estimate of drug-likeness (QED) is 0.904. The average Bonchev–Trinajstić information content (AvgIpc) is 3.26. The largest absolute Gasteiger partial charge is 0.379 e. The number of halogens is 1. The van der Waals surface area contributed by atoms with Gasteiger partial charge in [-0.3, -0.25) is 4.79 Å². The lowest BCUT2D eigenvalue weighted by Gasteiger charge is -2.29. The van der Waals surface area contributed by atoms with Crippen LogP contribution in [0.4, 0.5) is 5.69 Å². The van der Waals surface area contributed by atoms with Gasteiger partial charge >= 0.3 is 0 Å². The first-order chi connectivity index (χ1) is 10.1. The molecule has 1 saturated carbocycles. The molecule has 116 valence electrons. The Morgan fingerprint density at radius 3 is 2.90 bits per heavy atom. The molecule has 21 heavy (non-hydrogen) atoms. The molecule has 0 aromatic carbocycles. The Hall–Kier alpha value is -1.07. The highest BCUT2D eigenvalue weighted by molar-refractivity contribution is 6.32. The Balaban J connectivity index is 1.67. The minimum atomic E-state index is -0.0847. The monoisotopic (exact) mass is 310 g/mol. The number of hydrogen-bond donors (Lipinski definition) is 1. The third-order valence-electron chi connectivity index (χ3n) is 4.42. The van der Waals surface area contributed by atoms with E-state index < -0.39 is 0 Å². The molecule has 2 fully saturated rings. The molecule has 1 aliphatic heterocycles. The van der Waals surface area contributed by atoms with Crippen molar-refractivity contribution in [3.8, 4) is 0 Å². The van der Waals surface area contributed by atoms with Gasteiger partial charge in [-0.05, 0) is 51.1 Å². The molecule has 1 aromatic rings. The van der Waals surface area contributed by atoms with Gasteiger partial charge in [0.2, 0.25) is 0 Å². The van der Waals surface area contributed by atoms with Gasteiger partial charge in [0.1, 0.15) is 5.69 Å². The van der Waals surface area contributed by atoms with E-state index in [0.717, 1.165) is 19.6 Å². The van der Waals surface area contributed by atoms with Crippen molar-refractivity contribution in [3.63, 3.8) is 0 Å². The maximum absolute atomic E-state index is 12.4. The van der Waals surface area contributed by atoms with E-state index in [-0.39, 0.29) is 5.56 Å². The van der Waals surface area contributed by atoms with Crippen LogP contribution in [0.1, 0.15) is 25.7 Å². The van der Waals surface area contributed by atoms with Gasteiger partial charge in [-0.1, -0.05) is 11.6 Å². The molecule has 2 aliphatic rings. The topological polar surface area (TPSA) is 50.2 Å². The summed E-state index contributed by atoms with van der Waals surface area (Å²) in [6.45, 7) is 3.76. The molecule has 3 rings (SSSR count). The van der Waals surface area contributed by atoms with Gasteiger partial charge in [0.05, 0.1) is 11.2 Å². The van der Waals surface area contributed by atoms with Crippen molar-refractivity contribution in [3.05, 3.63) is 21.6 Å². The first-order valence-electron chi connectivity index (χ1n) is 7.81. The van der Waals surface area contributed by atoms with E-state index in [0.29, 0.717) is 22.5 Å². The summed E-state index contributed by atoms with van der Waals surface area (Å²) in [5, 5.41) is 7.85. The zero-order chi connectivity index (χ0) is 14.8. The summed E-state index contributed by atoms with van der Waals surface area (Å²) in [7, 11) is 2.15. The summed E-state index contributed by atoms with van der Waals surface area (Å²) in [5.74, 6) is 1.19. The predicted octanol–water partition coefficient (Wildman–Crippen LogP) is 2.06. The summed E-state index contributed by atoms with van der Waals surface area (Å²) in [6.07, 6.45) is 6.41. The highest BCUT2D eigenvalue weighted by Gasteiger charge is 2.24. The van der Waals surface area contributed by atoms with Gasteiger partial charge in [-0.25, -0.2) is 4.68 Å². The number of likely N-dealkylation sites (tertiary alicyclic amines) is 1. The smallest absolute Gasteiger partial charge is 0.291 e. The molecule has 1 N–H and O–H groups in total. The van der Waals surface area contributed by atoms with Gasteiger partial charge in [0, 0.05) is 19.6 Å². The number of aromatic nitrogens is 2. The van der Waals surface area contributed by atoms with Crippen LogP contribution in [0.3, 0.4) is 0 Å². The number of nitrogens with one attached hydrogen (secondary N) is 1. The molecule has 0 amide bonds. The predicted molar refractivity (Wildman–Crippen MR) is 84.9 cm³/mol. The standard InChI is InChI=1S/C15H23ClN4O/c1-19-6-2-3-12(9-19)7-17-14-13(16)8-18-20(15(14)21)10-11-4-5-11/h8,11-12,17H,2-7,9-10H2,1H3. The van der Waals surface area contributed by atoms with Crippen molar-refractivity contribution in [2.75, 3.05) is 32.0 Å². The minimum absolute atomic E-state index is 0.0847. The van der Waals surface area contributed by atoms with E-state index in [1.807, 2.05) is 0 Å². The lowest BCUT2D eigenvalue weighted by molar-refractivity contribution is 0.217. The Labute approximate surface area is 130 Å². The lowest BCUT2D eigenvalue weighted by Crippen LogP contribution is -2.36. The van der Waals surface area contributed by atoms with Gasteiger partial charge in [-0.2, -0.15) is 5.10 Å². The van der Waals surface area contributed by atoms with E-state index in [2.05, 4.69) is 22.4 Å². The van der Waals surface area contributed by atoms with Crippen molar-refractivity contribution >= 4 is 17.3 Å². The fourth-order valence-corrected chi connectivity index (χ4v) is 3.18. The van der Waals surface area contributed by atoms with Crippen molar-refractivity contribution in [1.29, 1.82) is 0 Å². The fraction of sp³-hybridized carbons (Fsp3) is 0.733. The molecule has 1 aliphatic carbocycles. The second-order valence-electron chi connectivity index (χ2n) is 6.45. The van der Waals surface area contributed by atoms with E-state index >= 15 is 0 Å². The summed E-state index contributed by atoms with van der Waals surface area (Å²) < 4.78 is 1.55. The second-order valence-corrected chi connectivity index (χ2v) is 6.86. The zero-order valence-corrected chi connectivity index (χ0v) is 13.3. The van der Waals surface area contributed by atoms with E-state index in [9.17, 15) is 4.79 Å². The Kier molecular flexibility index (Phi) is 4.50. The second kappa shape index (κ2) is 6.36. The molecule has 5 nitrogen and oxygen atoms in total. The maximum Gasteiger partial charge on any atom is 0.291 e. The van der Waals surface area contributed by atoms with Crippen molar-refractivity contribution < 1.29 is 0 Å². The van der Waals surface area contributed by atoms with Gasteiger partial charge in [-0.15, -0.1) is 0 Å². The number of piperidine rings is 1. The van der Waals surface area contributed by atoms with Gasteiger partial charge < -0.3 is 10.2 Å². The molecule has 2 heterocycles. The molecule has 1 saturated heterocycles. The number of anilines is 1. The summed E-state index contributed by atoms with van der Waals surface area (Å²) >= 11 is 6.15. The lowest BCUT2D eigenvalue weighted by atomic mass is 9.98. The molecule has 0 radical (unpaired) electrons. The van der Waals surface area contributed by atoms with Crippen molar-refractivity contribution in [2.45, 2.75) is 32.2 Å². The van der Waals surface area contributed by atoms with Crippen LogP contribution >= 0.6 is 11.6 Å². The van der Waals surface area contributed by atoms with E-state index in [1.54, 1.807) is 10.9 Å². The van der Waals surface area contributed by atoms with Gasteiger partial charge in [0.15, 0.2) is 0 Å². The molecule has 0 bridgehead atoms. The molecule has 6 heteroatoms. The average molecular weight is 311 g/mol. The van der Waals surface area contributed by atoms with Crippen LogP contribution in [0, 0.1) is 11.8 Å².